The lowest BCUT2D eigenvalue weighted by Crippen LogP contribution is -2.30. The molecule has 0 aliphatic rings. The number of aromatic hydroxyl groups is 1. The van der Waals surface area contributed by atoms with Crippen molar-refractivity contribution in [2.24, 2.45) is 0 Å². The molecule has 41 heavy (non-hydrogen) atoms. The van der Waals surface area contributed by atoms with Gasteiger partial charge in [0.1, 0.15) is 11.8 Å². The van der Waals surface area contributed by atoms with Crippen molar-refractivity contribution in [3.63, 3.8) is 0 Å². The fraction of sp³-hybridized carbons (Fsp3) is 0.129. The van der Waals surface area contributed by atoms with Crippen LogP contribution in [0.5, 0.6) is 5.75 Å². The first kappa shape index (κ1) is 27.9. The third-order valence-corrected chi connectivity index (χ3v) is 6.76. The van der Waals surface area contributed by atoms with E-state index < -0.39 is 23.7 Å². The van der Waals surface area contributed by atoms with Crippen molar-refractivity contribution in [3.8, 4) is 28.0 Å². The molecule has 5 rings (SSSR count). The van der Waals surface area contributed by atoms with Crippen LogP contribution in [-0.2, 0) is 12.6 Å². The maximum absolute atomic E-state index is 13.4. The highest BCUT2D eigenvalue weighted by Gasteiger charge is 2.30. The largest absolute Gasteiger partial charge is 0.507 e. The van der Waals surface area contributed by atoms with Gasteiger partial charge in [-0.15, -0.1) is 0 Å². The highest BCUT2D eigenvalue weighted by Crippen LogP contribution is 2.32. The molecular formula is C31H23ClF3N3O3. The summed E-state index contributed by atoms with van der Waals surface area (Å²) in [6.45, 7) is 1.66. The van der Waals surface area contributed by atoms with Crippen LogP contribution < -0.4 is 5.32 Å². The number of aryl methyl sites for hydroxylation is 1. The van der Waals surface area contributed by atoms with Gasteiger partial charge in [0.15, 0.2) is 5.82 Å². The molecule has 0 saturated heterocycles. The molecule has 0 saturated carbocycles. The van der Waals surface area contributed by atoms with Gasteiger partial charge in [0.05, 0.1) is 11.1 Å². The lowest BCUT2D eigenvalue weighted by Gasteiger charge is -2.17. The minimum absolute atomic E-state index is 0.0540. The number of halogens is 4. The van der Waals surface area contributed by atoms with E-state index in [-0.39, 0.29) is 17.2 Å². The number of carbonyl (C=O) groups is 1. The monoisotopic (exact) mass is 577 g/mol. The average Bonchev–Trinajstić information content (AvgIpc) is 3.39. The Hall–Kier alpha value is -4.63. The van der Waals surface area contributed by atoms with Crippen LogP contribution in [-0.4, -0.2) is 21.2 Å². The molecule has 0 bridgehead atoms. The summed E-state index contributed by atoms with van der Waals surface area (Å²) in [5, 5.41) is 17.8. The second-order valence-corrected chi connectivity index (χ2v) is 9.86. The fourth-order valence-electron chi connectivity index (χ4n) is 4.35. The number of hydrogen-bond donors (Lipinski definition) is 2. The number of carbonyl (C=O) groups excluding carboxylic acids is 1. The van der Waals surface area contributed by atoms with Gasteiger partial charge in [0, 0.05) is 11.4 Å². The van der Waals surface area contributed by atoms with Crippen LogP contribution in [0.3, 0.4) is 0 Å². The number of nitrogens with one attached hydrogen (secondary N) is 1. The first-order valence-corrected chi connectivity index (χ1v) is 12.9. The van der Waals surface area contributed by atoms with Crippen molar-refractivity contribution in [2.45, 2.75) is 25.6 Å². The van der Waals surface area contributed by atoms with Crippen molar-refractivity contribution in [2.75, 3.05) is 0 Å². The predicted molar refractivity (Wildman–Crippen MR) is 148 cm³/mol. The van der Waals surface area contributed by atoms with Gasteiger partial charge < -0.3 is 14.9 Å². The summed E-state index contributed by atoms with van der Waals surface area (Å²) < 4.78 is 44.3. The fourth-order valence-corrected chi connectivity index (χ4v) is 4.48. The van der Waals surface area contributed by atoms with E-state index in [1.54, 1.807) is 6.92 Å². The van der Waals surface area contributed by atoms with Gasteiger partial charge in [-0.1, -0.05) is 71.4 Å². The van der Waals surface area contributed by atoms with Crippen molar-refractivity contribution in [3.05, 3.63) is 124 Å². The molecule has 1 amide bonds. The van der Waals surface area contributed by atoms with Crippen LogP contribution in [0.4, 0.5) is 13.2 Å². The molecule has 0 radical (unpaired) electrons. The van der Waals surface area contributed by atoms with E-state index in [1.165, 1.54) is 30.3 Å². The maximum atomic E-state index is 13.4. The molecule has 0 spiro atoms. The van der Waals surface area contributed by atoms with Crippen LogP contribution >= 0.6 is 11.6 Å². The average molecular weight is 578 g/mol. The predicted octanol–water partition coefficient (Wildman–Crippen LogP) is 7.80. The molecule has 0 aliphatic heterocycles. The lowest BCUT2D eigenvalue weighted by atomic mass is 9.99. The third kappa shape index (κ3) is 6.58. The Bertz CT molecular complexity index is 1670. The Balaban J connectivity index is 1.38. The summed E-state index contributed by atoms with van der Waals surface area (Å²) in [7, 11) is 0. The first-order chi connectivity index (χ1) is 19.6. The summed E-state index contributed by atoms with van der Waals surface area (Å²) >= 11 is 5.99. The molecule has 5 aromatic rings. The molecule has 208 valence electrons. The standard InChI is InChI=1S/C31H23ClF3N3O3/c1-18-36-30(41-38-18)27(16-19-2-4-20(5-3-19)21-8-13-25(32)14-9-21)37-29(40)26-17-23(10-15-28(26)39)22-6-11-24(12-7-22)31(33,34)35/h2-15,17,27,39H,16H2,1H3,(H,37,40). The third-order valence-electron chi connectivity index (χ3n) is 6.50. The second-order valence-electron chi connectivity index (χ2n) is 9.42. The number of aromatic nitrogens is 2. The highest BCUT2D eigenvalue weighted by atomic mass is 35.5. The minimum Gasteiger partial charge on any atom is -0.507 e. The number of amides is 1. The lowest BCUT2D eigenvalue weighted by molar-refractivity contribution is -0.137. The number of benzene rings is 4. The quantitative estimate of drug-likeness (QED) is 0.206. The van der Waals surface area contributed by atoms with E-state index in [4.69, 9.17) is 16.1 Å². The van der Waals surface area contributed by atoms with Gasteiger partial charge in [0.2, 0.25) is 5.89 Å². The van der Waals surface area contributed by atoms with Crippen molar-refractivity contribution >= 4 is 17.5 Å². The number of phenolic OH excluding ortho intramolecular Hbond substituents is 1. The number of phenols is 1. The molecular weight excluding hydrogens is 555 g/mol. The van der Waals surface area contributed by atoms with Gasteiger partial charge in [-0.3, -0.25) is 4.79 Å². The zero-order valence-electron chi connectivity index (χ0n) is 21.6. The van der Waals surface area contributed by atoms with E-state index in [0.717, 1.165) is 28.8 Å². The van der Waals surface area contributed by atoms with Gasteiger partial charge in [-0.25, -0.2) is 0 Å². The molecule has 0 fully saturated rings. The zero-order valence-corrected chi connectivity index (χ0v) is 22.4. The van der Waals surface area contributed by atoms with E-state index in [9.17, 15) is 23.1 Å². The topological polar surface area (TPSA) is 88.2 Å². The minimum atomic E-state index is -4.46. The van der Waals surface area contributed by atoms with E-state index >= 15 is 0 Å². The van der Waals surface area contributed by atoms with Crippen LogP contribution in [0.1, 0.15) is 39.2 Å². The molecule has 1 heterocycles. The molecule has 1 aromatic heterocycles. The number of rotatable bonds is 7. The van der Waals surface area contributed by atoms with E-state index in [1.807, 2.05) is 48.5 Å². The summed E-state index contributed by atoms with van der Waals surface area (Å²) in [4.78, 5) is 17.6. The first-order valence-electron chi connectivity index (χ1n) is 12.5. The SMILES string of the molecule is Cc1noc(C(Cc2ccc(-c3ccc(Cl)cc3)cc2)NC(=O)c2cc(-c3ccc(C(F)(F)F)cc3)ccc2O)n1. The normalized spacial score (nSPS) is 12.2. The molecule has 2 N–H and O–H groups in total. The van der Waals surface area contributed by atoms with Gasteiger partial charge in [-0.2, -0.15) is 18.2 Å². The number of alkyl halides is 3. The summed E-state index contributed by atoms with van der Waals surface area (Å²) in [6, 6.07) is 23.3. The molecule has 6 nitrogen and oxygen atoms in total. The van der Waals surface area contributed by atoms with Gasteiger partial charge >= 0.3 is 6.18 Å². The van der Waals surface area contributed by atoms with Crippen LogP contribution in [0.15, 0.2) is 95.5 Å². The Kier molecular flexibility index (Phi) is 7.81. The maximum Gasteiger partial charge on any atom is 0.416 e. The Morgan fingerprint density at radius 3 is 2.05 bits per heavy atom. The van der Waals surface area contributed by atoms with Gasteiger partial charge in [-0.05, 0) is 71.1 Å². The molecule has 1 unspecified atom stereocenters. The summed E-state index contributed by atoms with van der Waals surface area (Å²) in [5.74, 6) is -0.318. The molecule has 4 aromatic carbocycles. The molecule has 10 heteroatoms. The van der Waals surface area contributed by atoms with Crippen molar-refractivity contribution in [1.82, 2.24) is 15.5 Å². The summed E-state index contributed by atoms with van der Waals surface area (Å²) in [6.07, 6.45) is -4.15. The van der Waals surface area contributed by atoms with E-state index in [0.29, 0.717) is 28.4 Å². The highest BCUT2D eigenvalue weighted by molar-refractivity contribution is 6.30. The Morgan fingerprint density at radius 1 is 0.902 bits per heavy atom. The van der Waals surface area contributed by atoms with Crippen molar-refractivity contribution < 1.29 is 27.6 Å². The molecule has 0 aliphatic carbocycles. The van der Waals surface area contributed by atoms with Crippen LogP contribution in [0, 0.1) is 6.92 Å². The number of hydrogen-bond acceptors (Lipinski definition) is 5. The zero-order chi connectivity index (χ0) is 29.1. The van der Waals surface area contributed by atoms with E-state index in [2.05, 4.69) is 15.5 Å². The van der Waals surface area contributed by atoms with Gasteiger partial charge in [0.25, 0.3) is 5.91 Å². The van der Waals surface area contributed by atoms with Crippen molar-refractivity contribution in [1.29, 1.82) is 0 Å². The molecule has 1 atom stereocenters. The van der Waals surface area contributed by atoms with Crippen LogP contribution in [0.25, 0.3) is 22.3 Å². The smallest absolute Gasteiger partial charge is 0.416 e. The van der Waals surface area contributed by atoms with Crippen LogP contribution in [0.2, 0.25) is 5.02 Å². The Morgan fingerprint density at radius 2 is 1.46 bits per heavy atom. The second kappa shape index (κ2) is 11.5. The summed E-state index contributed by atoms with van der Waals surface area (Å²) in [5.41, 5.74) is 2.96. The Labute approximate surface area is 238 Å². The number of nitrogens with zero attached hydrogens (tertiary/aromatic N) is 2.